The maximum absolute atomic E-state index is 12.4. The number of halogens is 1. The minimum Gasteiger partial charge on any atom is -0.497 e. The minimum atomic E-state index is -0.0601. The average molecular weight is 361 g/mol. The van der Waals surface area contributed by atoms with Gasteiger partial charge >= 0.3 is 6.03 Å². The number of urea groups is 1. The van der Waals surface area contributed by atoms with Crippen molar-refractivity contribution in [1.29, 1.82) is 0 Å². The first-order valence-electron chi connectivity index (χ1n) is 8.42. The Labute approximate surface area is 153 Å². The van der Waals surface area contributed by atoms with Gasteiger partial charge in [-0.3, -0.25) is 0 Å². The van der Waals surface area contributed by atoms with Crippen molar-refractivity contribution < 1.29 is 14.4 Å². The molecule has 0 saturated carbocycles. The van der Waals surface area contributed by atoms with E-state index in [2.05, 4.69) is 11.4 Å². The summed E-state index contributed by atoms with van der Waals surface area (Å²) < 4.78 is 5.18. The molecule has 3 rings (SSSR count). The van der Waals surface area contributed by atoms with E-state index in [0.717, 1.165) is 49.2 Å². The topological polar surface area (TPSA) is 46.0 Å². The van der Waals surface area contributed by atoms with Crippen LogP contribution in [-0.4, -0.2) is 44.2 Å². The summed E-state index contributed by atoms with van der Waals surface area (Å²) in [5.41, 5.74) is 1.98. The Bertz CT molecular complexity index is 730. The molecule has 5 nitrogen and oxygen atoms in total. The molecular formula is C19H23ClN3O2+. The van der Waals surface area contributed by atoms with Crippen molar-refractivity contribution in [3.05, 3.63) is 59.1 Å². The Morgan fingerprint density at radius 1 is 1.20 bits per heavy atom. The number of methoxy groups -OCH3 is 1. The van der Waals surface area contributed by atoms with Crippen molar-refractivity contribution in [2.45, 2.75) is 6.54 Å². The Balaban J connectivity index is 1.50. The van der Waals surface area contributed by atoms with Gasteiger partial charge in [0.2, 0.25) is 0 Å². The zero-order chi connectivity index (χ0) is 17.6. The molecule has 0 unspecified atom stereocenters. The van der Waals surface area contributed by atoms with Crippen molar-refractivity contribution in [2.24, 2.45) is 0 Å². The number of nitrogens with one attached hydrogen (secondary N) is 2. The number of hydrogen-bond donors (Lipinski definition) is 2. The number of amides is 2. The summed E-state index contributed by atoms with van der Waals surface area (Å²) in [6.07, 6.45) is 0. The van der Waals surface area contributed by atoms with Crippen LogP contribution in [0.2, 0.25) is 5.02 Å². The van der Waals surface area contributed by atoms with Crippen LogP contribution in [0, 0.1) is 0 Å². The second kappa shape index (κ2) is 8.23. The number of anilines is 1. The highest BCUT2D eigenvalue weighted by Gasteiger charge is 2.23. The van der Waals surface area contributed by atoms with Gasteiger partial charge in [-0.25, -0.2) is 4.79 Å². The van der Waals surface area contributed by atoms with Gasteiger partial charge in [0.1, 0.15) is 12.3 Å². The van der Waals surface area contributed by atoms with E-state index in [0.29, 0.717) is 0 Å². The zero-order valence-electron chi connectivity index (χ0n) is 14.3. The summed E-state index contributed by atoms with van der Waals surface area (Å²) in [4.78, 5) is 15.8. The third-order valence-electron chi connectivity index (χ3n) is 4.42. The molecule has 2 aromatic carbocycles. The number of quaternary nitrogens is 1. The van der Waals surface area contributed by atoms with Gasteiger partial charge in [0.25, 0.3) is 0 Å². The van der Waals surface area contributed by atoms with Gasteiger partial charge in [0, 0.05) is 22.3 Å². The molecule has 2 N–H and O–H groups in total. The molecule has 0 bridgehead atoms. The molecule has 0 atom stereocenters. The SMILES string of the molecule is COc1cccc(NC(=O)N2CC[NH+](Cc3cccc(Cl)c3)CC2)c1. The number of hydrogen-bond acceptors (Lipinski definition) is 2. The second-order valence-electron chi connectivity index (χ2n) is 6.21. The predicted molar refractivity (Wildman–Crippen MR) is 99.4 cm³/mol. The lowest BCUT2D eigenvalue weighted by Crippen LogP contribution is -3.13. The van der Waals surface area contributed by atoms with Gasteiger partial charge in [-0.1, -0.05) is 29.8 Å². The largest absolute Gasteiger partial charge is 0.497 e. The Kier molecular flexibility index (Phi) is 5.79. The quantitative estimate of drug-likeness (QED) is 0.878. The number of piperazine rings is 1. The van der Waals surface area contributed by atoms with Gasteiger partial charge in [-0.05, 0) is 24.3 Å². The molecule has 0 aromatic heterocycles. The van der Waals surface area contributed by atoms with Gasteiger partial charge in [-0.2, -0.15) is 0 Å². The van der Waals surface area contributed by atoms with E-state index in [9.17, 15) is 4.79 Å². The summed E-state index contributed by atoms with van der Waals surface area (Å²) in [7, 11) is 1.61. The van der Waals surface area contributed by atoms with Crippen molar-refractivity contribution in [3.63, 3.8) is 0 Å². The van der Waals surface area contributed by atoms with Crippen molar-refractivity contribution in [1.82, 2.24) is 4.90 Å². The number of carbonyl (C=O) groups is 1. The van der Waals surface area contributed by atoms with Crippen LogP contribution in [0.1, 0.15) is 5.56 Å². The number of nitrogens with zero attached hydrogens (tertiary/aromatic N) is 1. The molecule has 1 aliphatic heterocycles. The van der Waals surface area contributed by atoms with E-state index >= 15 is 0 Å². The maximum Gasteiger partial charge on any atom is 0.322 e. The first-order chi connectivity index (χ1) is 12.1. The summed E-state index contributed by atoms with van der Waals surface area (Å²) in [5, 5.41) is 3.71. The highest BCUT2D eigenvalue weighted by Crippen LogP contribution is 2.17. The van der Waals surface area contributed by atoms with Crippen molar-refractivity contribution in [2.75, 3.05) is 38.6 Å². The highest BCUT2D eigenvalue weighted by molar-refractivity contribution is 6.30. The minimum absolute atomic E-state index is 0.0601. The molecule has 1 fully saturated rings. The van der Waals surface area contributed by atoms with Crippen LogP contribution in [0.25, 0.3) is 0 Å². The maximum atomic E-state index is 12.4. The fourth-order valence-corrected chi connectivity index (χ4v) is 3.25. The number of carbonyl (C=O) groups excluding carboxylic acids is 1. The molecule has 0 radical (unpaired) electrons. The van der Waals surface area contributed by atoms with Crippen LogP contribution >= 0.6 is 11.6 Å². The number of rotatable bonds is 4. The van der Waals surface area contributed by atoms with Crippen LogP contribution in [0.3, 0.4) is 0 Å². The molecule has 1 saturated heterocycles. The van der Waals surface area contributed by atoms with Crippen molar-refractivity contribution in [3.8, 4) is 5.75 Å². The number of ether oxygens (including phenoxy) is 1. The monoisotopic (exact) mass is 360 g/mol. The molecule has 2 aromatic rings. The average Bonchev–Trinajstić information content (AvgIpc) is 2.62. The summed E-state index contributed by atoms with van der Waals surface area (Å²) >= 11 is 6.05. The lowest BCUT2D eigenvalue weighted by atomic mass is 10.2. The van der Waals surface area contributed by atoms with E-state index in [1.54, 1.807) is 7.11 Å². The van der Waals surface area contributed by atoms with Crippen LogP contribution in [0.5, 0.6) is 5.75 Å². The molecule has 0 aliphatic carbocycles. The lowest BCUT2D eigenvalue weighted by Gasteiger charge is -2.32. The lowest BCUT2D eigenvalue weighted by molar-refractivity contribution is -0.917. The van der Waals surface area contributed by atoms with Crippen LogP contribution in [0.4, 0.5) is 10.5 Å². The first kappa shape index (κ1) is 17.6. The van der Waals surface area contributed by atoms with Crippen LogP contribution in [-0.2, 0) is 6.54 Å². The third-order valence-corrected chi connectivity index (χ3v) is 4.66. The molecule has 25 heavy (non-hydrogen) atoms. The molecule has 2 amide bonds. The smallest absolute Gasteiger partial charge is 0.322 e. The Morgan fingerprint density at radius 2 is 1.96 bits per heavy atom. The first-order valence-corrected chi connectivity index (χ1v) is 8.80. The normalized spacial score (nSPS) is 15.0. The Morgan fingerprint density at radius 3 is 2.68 bits per heavy atom. The molecule has 1 heterocycles. The Hall–Kier alpha value is -2.24. The van der Waals surface area contributed by atoms with E-state index in [4.69, 9.17) is 16.3 Å². The highest BCUT2D eigenvalue weighted by atomic mass is 35.5. The fourth-order valence-electron chi connectivity index (χ4n) is 3.04. The van der Waals surface area contributed by atoms with Crippen LogP contribution < -0.4 is 15.0 Å². The molecule has 132 valence electrons. The van der Waals surface area contributed by atoms with E-state index in [1.165, 1.54) is 10.5 Å². The van der Waals surface area contributed by atoms with Gasteiger partial charge in [0.05, 0.1) is 33.3 Å². The summed E-state index contributed by atoms with van der Waals surface area (Å²) in [6.45, 7) is 4.28. The summed E-state index contributed by atoms with van der Waals surface area (Å²) in [5.74, 6) is 0.730. The van der Waals surface area contributed by atoms with Gasteiger partial charge in [-0.15, -0.1) is 0 Å². The van der Waals surface area contributed by atoms with Gasteiger partial charge < -0.3 is 19.9 Å². The van der Waals surface area contributed by atoms with E-state index < -0.39 is 0 Å². The molecule has 1 aliphatic rings. The second-order valence-corrected chi connectivity index (χ2v) is 6.64. The van der Waals surface area contributed by atoms with Crippen LogP contribution in [0.15, 0.2) is 48.5 Å². The molecule has 0 spiro atoms. The fraction of sp³-hybridized carbons (Fsp3) is 0.316. The third kappa shape index (κ3) is 4.87. The zero-order valence-corrected chi connectivity index (χ0v) is 15.1. The molecule has 6 heteroatoms. The van der Waals surface area contributed by atoms with E-state index in [-0.39, 0.29) is 6.03 Å². The standard InChI is InChI=1S/C19H22ClN3O2/c1-25-18-7-3-6-17(13-18)21-19(24)23-10-8-22(9-11-23)14-15-4-2-5-16(20)12-15/h2-7,12-13H,8-11,14H2,1H3,(H,21,24)/p+1. The predicted octanol–water partition coefficient (Wildman–Crippen LogP) is 2.28. The molecular weight excluding hydrogens is 338 g/mol. The van der Waals surface area contributed by atoms with E-state index in [1.807, 2.05) is 47.4 Å². The summed E-state index contributed by atoms with van der Waals surface area (Å²) in [6, 6.07) is 15.3. The van der Waals surface area contributed by atoms with Gasteiger partial charge in [0.15, 0.2) is 0 Å². The van der Waals surface area contributed by atoms with Crippen molar-refractivity contribution >= 4 is 23.3 Å². The number of benzene rings is 2.